The van der Waals surface area contributed by atoms with Gasteiger partial charge in [0.25, 0.3) is 5.69 Å². The van der Waals surface area contributed by atoms with E-state index in [1.807, 2.05) is 0 Å². The van der Waals surface area contributed by atoms with E-state index >= 15 is 0 Å². The molecule has 0 saturated carbocycles. The van der Waals surface area contributed by atoms with Crippen molar-refractivity contribution in [3.63, 3.8) is 0 Å². The Balaban J connectivity index is 2.35. The third-order valence-corrected chi connectivity index (χ3v) is 6.76. The molecule has 0 fully saturated rings. The van der Waals surface area contributed by atoms with Gasteiger partial charge in [-0.15, -0.1) is 0 Å². The number of rotatable bonds is 8. The number of hydrogen-bond acceptors (Lipinski definition) is 6. The predicted octanol–water partition coefficient (Wildman–Crippen LogP) is 4.38. The molecular formula is C17H18Cl2N4O4S. The van der Waals surface area contributed by atoms with Gasteiger partial charge in [-0.2, -0.15) is 9.41 Å². The van der Waals surface area contributed by atoms with Crippen molar-refractivity contribution >= 4 is 50.8 Å². The van der Waals surface area contributed by atoms with E-state index in [1.54, 1.807) is 32.0 Å². The van der Waals surface area contributed by atoms with Crippen molar-refractivity contribution in [1.82, 2.24) is 4.31 Å². The van der Waals surface area contributed by atoms with Crippen LogP contribution in [0.2, 0.25) is 10.0 Å². The van der Waals surface area contributed by atoms with Crippen molar-refractivity contribution in [3.8, 4) is 0 Å². The van der Waals surface area contributed by atoms with Crippen molar-refractivity contribution in [3.05, 3.63) is 62.1 Å². The van der Waals surface area contributed by atoms with Crippen molar-refractivity contribution in [2.45, 2.75) is 18.7 Å². The Hall–Kier alpha value is -2.20. The van der Waals surface area contributed by atoms with E-state index in [4.69, 9.17) is 23.2 Å². The summed E-state index contributed by atoms with van der Waals surface area (Å²) in [7, 11) is -3.82. The van der Waals surface area contributed by atoms with E-state index in [-0.39, 0.29) is 23.7 Å². The number of hydrogen-bond donors (Lipinski definition) is 1. The van der Waals surface area contributed by atoms with Crippen molar-refractivity contribution < 1.29 is 13.3 Å². The van der Waals surface area contributed by atoms with Crippen LogP contribution in [0.15, 0.2) is 46.4 Å². The molecule has 1 N–H and O–H groups in total. The fraction of sp³-hybridized carbons (Fsp3) is 0.235. The zero-order valence-electron chi connectivity index (χ0n) is 15.1. The number of benzene rings is 2. The molecule has 2 aromatic carbocycles. The maximum Gasteiger partial charge on any atom is 0.295 e. The highest BCUT2D eigenvalue weighted by molar-refractivity contribution is 7.89. The fourth-order valence-electron chi connectivity index (χ4n) is 2.42. The van der Waals surface area contributed by atoms with Gasteiger partial charge in [-0.3, -0.25) is 15.5 Å². The van der Waals surface area contributed by atoms with Crippen LogP contribution in [-0.2, 0) is 10.0 Å². The molecule has 0 heterocycles. The van der Waals surface area contributed by atoms with Gasteiger partial charge in [0.2, 0.25) is 10.0 Å². The Kier molecular flexibility index (Phi) is 7.36. The van der Waals surface area contributed by atoms with E-state index in [9.17, 15) is 18.5 Å². The molecule has 0 atom stereocenters. The number of halogens is 2. The number of nitro benzene ring substituents is 1. The Bertz CT molecular complexity index is 1010. The molecular weight excluding hydrogens is 427 g/mol. The van der Waals surface area contributed by atoms with Crippen molar-refractivity contribution in [2.24, 2.45) is 5.10 Å². The molecule has 8 nitrogen and oxygen atoms in total. The first-order valence-electron chi connectivity index (χ1n) is 8.24. The number of anilines is 1. The maximum absolute atomic E-state index is 12.6. The number of sulfonamides is 1. The number of nitrogens with one attached hydrogen (secondary N) is 1. The van der Waals surface area contributed by atoms with Crippen LogP contribution in [0.4, 0.5) is 11.4 Å². The van der Waals surface area contributed by atoms with E-state index < -0.39 is 20.6 Å². The normalized spacial score (nSPS) is 11.9. The lowest BCUT2D eigenvalue weighted by Gasteiger charge is -2.18. The van der Waals surface area contributed by atoms with Crippen LogP contribution in [0.25, 0.3) is 0 Å². The SMILES string of the molecule is CCN(CC)S(=O)(=O)c1ccc(NN=Cc2cccc(Cl)c2Cl)c([N+](=O)[O-])c1. The monoisotopic (exact) mass is 444 g/mol. The molecule has 0 aliphatic carbocycles. The molecule has 0 aromatic heterocycles. The van der Waals surface area contributed by atoms with Gasteiger partial charge >= 0.3 is 0 Å². The van der Waals surface area contributed by atoms with Gasteiger partial charge in [0, 0.05) is 24.7 Å². The highest BCUT2D eigenvalue weighted by Crippen LogP contribution is 2.29. The van der Waals surface area contributed by atoms with Gasteiger partial charge in [-0.25, -0.2) is 8.42 Å². The lowest BCUT2D eigenvalue weighted by Crippen LogP contribution is -2.30. The van der Waals surface area contributed by atoms with Crippen LogP contribution in [0.1, 0.15) is 19.4 Å². The molecule has 0 saturated heterocycles. The summed E-state index contributed by atoms with van der Waals surface area (Å²) >= 11 is 12.0. The minimum Gasteiger partial charge on any atom is -0.272 e. The molecule has 2 rings (SSSR count). The van der Waals surface area contributed by atoms with E-state index in [1.165, 1.54) is 22.7 Å². The summed E-state index contributed by atoms with van der Waals surface area (Å²) in [6.45, 7) is 3.91. The predicted molar refractivity (Wildman–Crippen MR) is 111 cm³/mol. The molecule has 0 radical (unpaired) electrons. The molecule has 0 spiro atoms. The minimum atomic E-state index is -3.82. The summed E-state index contributed by atoms with van der Waals surface area (Å²) in [5.74, 6) is 0. The van der Waals surface area contributed by atoms with Gasteiger partial charge in [-0.1, -0.05) is 49.2 Å². The molecule has 2 aromatic rings. The summed E-state index contributed by atoms with van der Waals surface area (Å²) in [5, 5.41) is 16.0. The second-order valence-electron chi connectivity index (χ2n) is 5.54. The third-order valence-electron chi connectivity index (χ3n) is 3.88. The summed E-state index contributed by atoms with van der Waals surface area (Å²) in [6.07, 6.45) is 1.36. The Morgan fingerprint density at radius 1 is 1.21 bits per heavy atom. The van der Waals surface area contributed by atoms with Gasteiger partial charge in [0.1, 0.15) is 5.69 Å². The Labute approximate surface area is 173 Å². The molecule has 0 bridgehead atoms. The van der Waals surface area contributed by atoms with Gasteiger partial charge in [0.05, 0.1) is 26.1 Å². The van der Waals surface area contributed by atoms with Crippen LogP contribution in [-0.4, -0.2) is 37.0 Å². The summed E-state index contributed by atoms with van der Waals surface area (Å²) in [5.41, 5.74) is 2.69. The lowest BCUT2D eigenvalue weighted by atomic mass is 10.2. The van der Waals surface area contributed by atoms with Gasteiger partial charge in [0.15, 0.2) is 0 Å². The highest BCUT2D eigenvalue weighted by atomic mass is 35.5. The largest absolute Gasteiger partial charge is 0.295 e. The van der Waals surface area contributed by atoms with E-state index in [0.717, 1.165) is 6.07 Å². The first-order chi connectivity index (χ1) is 13.2. The Morgan fingerprint density at radius 3 is 2.50 bits per heavy atom. The fourth-order valence-corrected chi connectivity index (χ4v) is 4.26. The zero-order valence-corrected chi connectivity index (χ0v) is 17.4. The van der Waals surface area contributed by atoms with Crippen LogP contribution < -0.4 is 5.43 Å². The van der Waals surface area contributed by atoms with Gasteiger partial charge in [-0.05, 0) is 18.2 Å². The number of hydrazone groups is 1. The van der Waals surface area contributed by atoms with Crippen LogP contribution in [0.3, 0.4) is 0 Å². The van der Waals surface area contributed by atoms with Crippen molar-refractivity contribution in [2.75, 3.05) is 18.5 Å². The Morgan fingerprint density at radius 2 is 1.89 bits per heavy atom. The maximum atomic E-state index is 12.6. The summed E-state index contributed by atoms with van der Waals surface area (Å²) < 4.78 is 26.4. The lowest BCUT2D eigenvalue weighted by molar-refractivity contribution is -0.384. The first kappa shape index (κ1) is 22.1. The average Bonchev–Trinajstić information content (AvgIpc) is 2.65. The number of nitrogens with zero attached hydrogens (tertiary/aromatic N) is 3. The standard InChI is InChI=1S/C17H18Cl2N4O4S/c1-3-22(4-2)28(26,27)13-8-9-15(16(10-13)23(24)25)21-20-11-12-6-5-7-14(18)17(12)19/h5-11,21H,3-4H2,1-2H3. The summed E-state index contributed by atoms with van der Waals surface area (Å²) in [4.78, 5) is 10.6. The molecule has 28 heavy (non-hydrogen) atoms. The molecule has 0 amide bonds. The summed E-state index contributed by atoms with van der Waals surface area (Å²) in [6, 6.07) is 8.58. The third kappa shape index (κ3) is 4.79. The average molecular weight is 445 g/mol. The minimum absolute atomic E-state index is 0.0397. The van der Waals surface area contributed by atoms with Gasteiger partial charge < -0.3 is 0 Å². The second-order valence-corrected chi connectivity index (χ2v) is 8.26. The smallest absolute Gasteiger partial charge is 0.272 e. The molecule has 0 aliphatic rings. The second kappa shape index (κ2) is 9.33. The van der Waals surface area contributed by atoms with Crippen LogP contribution in [0, 0.1) is 10.1 Å². The molecule has 11 heteroatoms. The first-order valence-corrected chi connectivity index (χ1v) is 10.4. The highest BCUT2D eigenvalue weighted by Gasteiger charge is 2.25. The van der Waals surface area contributed by atoms with Crippen LogP contribution >= 0.6 is 23.2 Å². The zero-order chi connectivity index (χ0) is 20.9. The quantitative estimate of drug-likeness (QED) is 0.369. The molecule has 150 valence electrons. The topological polar surface area (TPSA) is 105 Å². The number of nitro groups is 1. The molecule has 0 unspecified atom stereocenters. The molecule has 0 aliphatic heterocycles. The van der Waals surface area contributed by atoms with Crippen molar-refractivity contribution in [1.29, 1.82) is 0 Å². The van der Waals surface area contributed by atoms with E-state index in [0.29, 0.717) is 15.6 Å². The van der Waals surface area contributed by atoms with E-state index in [2.05, 4.69) is 10.5 Å². The van der Waals surface area contributed by atoms with Crippen LogP contribution in [0.5, 0.6) is 0 Å².